The molecule has 0 saturated heterocycles. The molecular weight excluding hydrogens is 292 g/mol. The summed E-state index contributed by atoms with van der Waals surface area (Å²) < 4.78 is 0. The van der Waals surface area contributed by atoms with E-state index in [2.05, 4.69) is 66.8 Å². The van der Waals surface area contributed by atoms with Crippen LogP contribution in [0.2, 0.25) is 0 Å². The third-order valence-electron chi connectivity index (χ3n) is 4.08. The van der Waals surface area contributed by atoms with E-state index in [0.29, 0.717) is 0 Å². The summed E-state index contributed by atoms with van der Waals surface area (Å²) >= 11 is 0. The second-order valence-corrected chi connectivity index (χ2v) is 5.93. The summed E-state index contributed by atoms with van der Waals surface area (Å²) in [4.78, 5) is 4.83. The predicted octanol–water partition coefficient (Wildman–Crippen LogP) is 5.95. The van der Waals surface area contributed by atoms with Crippen molar-refractivity contribution in [1.82, 2.24) is 4.98 Å². The molecule has 0 saturated carbocycles. The SMILES string of the molecule is Cc1cccc(Nc2cc(-c3ccccc3)nc3ccccc23)c1. The van der Waals surface area contributed by atoms with Gasteiger partial charge in [-0.2, -0.15) is 0 Å². The van der Waals surface area contributed by atoms with Crippen molar-refractivity contribution in [3.63, 3.8) is 0 Å². The molecule has 0 aliphatic carbocycles. The number of fused-ring (bicyclic) bond motifs is 1. The molecule has 116 valence electrons. The van der Waals surface area contributed by atoms with Crippen molar-refractivity contribution in [3.05, 3.63) is 90.5 Å². The first-order valence-corrected chi connectivity index (χ1v) is 8.08. The van der Waals surface area contributed by atoms with Gasteiger partial charge in [-0.1, -0.05) is 60.7 Å². The molecule has 0 radical (unpaired) electrons. The molecule has 0 fully saturated rings. The molecule has 0 aliphatic heterocycles. The van der Waals surface area contributed by atoms with Crippen molar-refractivity contribution in [2.45, 2.75) is 6.92 Å². The molecule has 2 nitrogen and oxygen atoms in total. The molecule has 0 aliphatic rings. The van der Waals surface area contributed by atoms with Crippen molar-refractivity contribution >= 4 is 22.3 Å². The van der Waals surface area contributed by atoms with Crippen LogP contribution in [0.1, 0.15) is 5.56 Å². The van der Waals surface area contributed by atoms with Crippen LogP contribution >= 0.6 is 0 Å². The number of nitrogens with one attached hydrogen (secondary N) is 1. The average molecular weight is 310 g/mol. The third kappa shape index (κ3) is 2.86. The number of aromatic nitrogens is 1. The number of hydrogen-bond donors (Lipinski definition) is 1. The Morgan fingerprint density at radius 1 is 0.750 bits per heavy atom. The van der Waals surface area contributed by atoms with E-state index in [9.17, 15) is 0 Å². The maximum Gasteiger partial charge on any atom is 0.0730 e. The highest BCUT2D eigenvalue weighted by Crippen LogP contribution is 2.30. The Morgan fingerprint density at radius 3 is 2.38 bits per heavy atom. The second kappa shape index (κ2) is 6.17. The molecule has 3 aromatic carbocycles. The standard InChI is InChI=1S/C22H18N2/c1-16-8-7-11-18(14-16)23-22-15-21(17-9-3-2-4-10-17)24-20-13-6-5-12-19(20)22/h2-15H,1H3,(H,23,24). The molecule has 1 aromatic heterocycles. The zero-order valence-corrected chi connectivity index (χ0v) is 13.5. The van der Waals surface area contributed by atoms with Crippen LogP contribution in [-0.2, 0) is 0 Å². The average Bonchev–Trinajstić information content (AvgIpc) is 2.62. The molecule has 1 N–H and O–H groups in total. The fourth-order valence-electron chi connectivity index (χ4n) is 2.91. The molecule has 0 atom stereocenters. The lowest BCUT2D eigenvalue weighted by Crippen LogP contribution is -1.95. The van der Waals surface area contributed by atoms with Crippen LogP contribution in [0.3, 0.4) is 0 Å². The van der Waals surface area contributed by atoms with Gasteiger partial charge in [-0.15, -0.1) is 0 Å². The van der Waals surface area contributed by atoms with Gasteiger partial charge in [0.25, 0.3) is 0 Å². The van der Waals surface area contributed by atoms with Gasteiger partial charge in [0.1, 0.15) is 0 Å². The Balaban J connectivity index is 1.86. The molecule has 4 aromatic rings. The van der Waals surface area contributed by atoms with Crippen molar-refractivity contribution in [3.8, 4) is 11.3 Å². The molecule has 0 spiro atoms. The molecule has 4 rings (SSSR count). The number of para-hydroxylation sites is 1. The van der Waals surface area contributed by atoms with Crippen LogP contribution in [0.4, 0.5) is 11.4 Å². The minimum absolute atomic E-state index is 0.976. The first-order valence-electron chi connectivity index (χ1n) is 8.08. The minimum Gasteiger partial charge on any atom is -0.355 e. The van der Waals surface area contributed by atoms with Crippen molar-refractivity contribution in [1.29, 1.82) is 0 Å². The molecule has 1 heterocycles. The summed E-state index contributed by atoms with van der Waals surface area (Å²) in [7, 11) is 0. The molecule has 24 heavy (non-hydrogen) atoms. The number of benzene rings is 3. The van der Waals surface area contributed by atoms with Crippen LogP contribution < -0.4 is 5.32 Å². The van der Waals surface area contributed by atoms with Crippen molar-refractivity contribution < 1.29 is 0 Å². The first-order chi connectivity index (χ1) is 11.8. The number of aryl methyl sites for hydroxylation is 1. The van der Waals surface area contributed by atoms with E-state index >= 15 is 0 Å². The fraction of sp³-hybridized carbons (Fsp3) is 0.0455. The highest BCUT2D eigenvalue weighted by Gasteiger charge is 2.07. The van der Waals surface area contributed by atoms with Gasteiger partial charge in [0.05, 0.1) is 16.9 Å². The maximum atomic E-state index is 4.83. The van der Waals surface area contributed by atoms with E-state index in [4.69, 9.17) is 4.98 Å². The Hall–Kier alpha value is -3.13. The van der Waals surface area contributed by atoms with Gasteiger partial charge in [-0.05, 0) is 36.8 Å². The molecule has 0 amide bonds. The highest BCUT2D eigenvalue weighted by atomic mass is 14.9. The van der Waals surface area contributed by atoms with Gasteiger partial charge in [0.15, 0.2) is 0 Å². The molecule has 0 unspecified atom stereocenters. The lowest BCUT2D eigenvalue weighted by molar-refractivity contribution is 1.39. The summed E-state index contributed by atoms with van der Waals surface area (Å²) in [5.74, 6) is 0. The minimum atomic E-state index is 0.976. The second-order valence-electron chi connectivity index (χ2n) is 5.93. The van der Waals surface area contributed by atoms with Gasteiger partial charge in [0, 0.05) is 16.6 Å². The summed E-state index contributed by atoms with van der Waals surface area (Å²) in [6.07, 6.45) is 0. The van der Waals surface area contributed by atoms with Crippen LogP contribution in [0, 0.1) is 6.92 Å². The van der Waals surface area contributed by atoms with E-state index in [-0.39, 0.29) is 0 Å². The number of hydrogen-bond acceptors (Lipinski definition) is 2. The first kappa shape index (κ1) is 14.5. The third-order valence-corrected chi connectivity index (χ3v) is 4.08. The quantitative estimate of drug-likeness (QED) is 0.505. The summed E-state index contributed by atoms with van der Waals surface area (Å²) in [5.41, 5.74) is 6.49. The Morgan fingerprint density at radius 2 is 1.54 bits per heavy atom. The van der Waals surface area contributed by atoms with Crippen LogP contribution in [0.25, 0.3) is 22.2 Å². The number of pyridine rings is 1. The lowest BCUT2D eigenvalue weighted by Gasteiger charge is -2.12. The van der Waals surface area contributed by atoms with E-state index in [1.807, 2.05) is 30.3 Å². The molecule has 0 bridgehead atoms. The summed E-state index contributed by atoms with van der Waals surface area (Å²) in [5, 5.41) is 4.68. The Kier molecular flexibility index (Phi) is 3.72. The molecular formula is C22H18N2. The van der Waals surface area contributed by atoms with Gasteiger partial charge in [-0.3, -0.25) is 0 Å². The summed E-state index contributed by atoms with van der Waals surface area (Å²) in [6, 6.07) is 29.1. The van der Waals surface area contributed by atoms with E-state index in [0.717, 1.165) is 33.5 Å². The van der Waals surface area contributed by atoms with Gasteiger partial charge < -0.3 is 5.32 Å². The molecule has 2 heteroatoms. The smallest absolute Gasteiger partial charge is 0.0730 e. The fourth-order valence-corrected chi connectivity index (χ4v) is 2.91. The van der Waals surface area contributed by atoms with Crippen molar-refractivity contribution in [2.75, 3.05) is 5.32 Å². The topological polar surface area (TPSA) is 24.9 Å². The monoisotopic (exact) mass is 310 g/mol. The number of rotatable bonds is 3. The highest BCUT2D eigenvalue weighted by molar-refractivity contribution is 5.95. The Bertz CT molecular complexity index is 991. The number of nitrogens with zero attached hydrogens (tertiary/aromatic N) is 1. The lowest BCUT2D eigenvalue weighted by atomic mass is 10.1. The van der Waals surface area contributed by atoms with Crippen LogP contribution in [0.15, 0.2) is 84.9 Å². The number of anilines is 2. The zero-order chi connectivity index (χ0) is 16.4. The summed E-state index contributed by atoms with van der Waals surface area (Å²) in [6.45, 7) is 2.10. The van der Waals surface area contributed by atoms with Crippen LogP contribution in [0.5, 0.6) is 0 Å². The van der Waals surface area contributed by atoms with Gasteiger partial charge in [-0.25, -0.2) is 4.98 Å². The van der Waals surface area contributed by atoms with Gasteiger partial charge in [0.2, 0.25) is 0 Å². The zero-order valence-electron chi connectivity index (χ0n) is 13.5. The Labute approximate surface area is 141 Å². The predicted molar refractivity (Wildman–Crippen MR) is 102 cm³/mol. The van der Waals surface area contributed by atoms with E-state index in [1.54, 1.807) is 0 Å². The van der Waals surface area contributed by atoms with E-state index < -0.39 is 0 Å². The van der Waals surface area contributed by atoms with E-state index in [1.165, 1.54) is 5.56 Å². The maximum absolute atomic E-state index is 4.83. The van der Waals surface area contributed by atoms with Crippen LogP contribution in [-0.4, -0.2) is 4.98 Å². The largest absolute Gasteiger partial charge is 0.355 e. The van der Waals surface area contributed by atoms with Gasteiger partial charge >= 0.3 is 0 Å². The normalized spacial score (nSPS) is 10.7. The van der Waals surface area contributed by atoms with Crippen molar-refractivity contribution in [2.24, 2.45) is 0 Å².